The molecule has 0 spiro atoms. The number of esters is 1. The molecule has 14 nitrogen and oxygen atoms in total. The van der Waals surface area contributed by atoms with Crippen molar-refractivity contribution >= 4 is 5.97 Å². The van der Waals surface area contributed by atoms with Gasteiger partial charge in [-0.3, -0.25) is 4.79 Å². The van der Waals surface area contributed by atoms with Gasteiger partial charge < -0.3 is 64.2 Å². The molecule has 0 aromatic rings. The highest BCUT2D eigenvalue weighted by Gasteiger charge is 2.47. The van der Waals surface area contributed by atoms with E-state index in [2.05, 4.69) is 50.3 Å². The van der Waals surface area contributed by atoms with Crippen LogP contribution >= 0.6 is 0 Å². The number of allylic oxidation sites excluding steroid dienone is 6. The summed E-state index contributed by atoms with van der Waals surface area (Å²) in [5, 5.41) is 72.3. The number of carbonyl (C=O) groups is 1. The van der Waals surface area contributed by atoms with Crippen molar-refractivity contribution in [2.24, 2.45) is 0 Å². The number of ether oxygens (including phenoxy) is 6. The Morgan fingerprint density at radius 1 is 0.471 bits per heavy atom. The van der Waals surface area contributed by atoms with Crippen LogP contribution in [0.5, 0.6) is 0 Å². The molecule has 0 radical (unpaired) electrons. The van der Waals surface area contributed by atoms with Gasteiger partial charge in [-0.2, -0.15) is 0 Å². The molecule has 2 aliphatic heterocycles. The second-order valence-electron chi connectivity index (χ2n) is 19.8. The Hall–Kier alpha value is -1.79. The van der Waals surface area contributed by atoms with E-state index in [4.69, 9.17) is 28.4 Å². The summed E-state index contributed by atoms with van der Waals surface area (Å²) in [5.74, 6) is -0.384. The van der Waals surface area contributed by atoms with Gasteiger partial charge in [0.25, 0.3) is 0 Å². The summed E-state index contributed by atoms with van der Waals surface area (Å²) in [6.07, 6.45) is 33.4. The second-order valence-corrected chi connectivity index (χ2v) is 19.8. The molecule has 11 atom stereocenters. The van der Waals surface area contributed by atoms with Crippen LogP contribution in [0.3, 0.4) is 0 Å². The minimum absolute atomic E-state index is 0.0574. The highest BCUT2D eigenvalue weighted by molar-refractivity contribution is 5.69. The lowest BCUT2D eigenvalue weighted by Crippen LogP contribution is -2.61. The van der Waals surface area contributed by atoms with E-state index in [1.54, 1.807) is 0 Å². The number of unbranched alkanes of at least 4 members (excludes halogenated alkanes) is 25. The highest BCUT2D eigenvalue weighted by Crippen LogP contribution is 2.26. The van der Waals surface area contributed by atoms with Gasteiger partial charge in [0.2, 0.25) is 0 Å². The van der Waals surface area contributed by atoms with Gasteiger partial charge in [0.15, 0.2) is 12.6 Å². The molecule has 2 saturated heterocycles. The van der Waals surface area contributed by atoms with E-state index in [1.165, 1.54) is 135 Å². The maximum absolute atomic E-state index is 13.0. The average Bonchev–Trinajstić information content (AvgIpc) is 3.36. The Labute approximate surface area is 423 Å². The predicted molar refractivity (Wildman–Crippen MR) is 275 cm³/mol. The third-order valence-corrected chi connectivity index (χ3v) is 13.4. The van der Waals surface area contributed by atoms with Gasteiger partial charge in [-0.15, -0.1) is 0 Å². The summed E-state index contributed by atoms with van der Waals surface area (Å²) in [6.45, 7) is 3.66. The molecule has 70 heavy (non-hydrogen) atoms. The molecule has 2 aliphatic rings. The zero-order valence-corrected chi connectivity index (χ0v) is 43.8. The monoisotopic (exact) mass is 999 g/mol. The van der Waals surface area contributed by atoms with Gasteiger partial charge in [-0.1, -0.05) is 172 Å². The number of aliphatic hydroxyl groups is 7. The molecule has 14 heteroatoms. The first-order chi connectivity index (χ1) is 34.1. The van der Waals surface area contributed by atoms with E-state index in [0.29, 0.717) is 13.0 Å². The van der Waals surface area contributed by atoms with Crippen LogP contribution in [-0.2, 0) is 33.2 Å². The first-order valence-electron chi connectivity index (χ1n) is 28.1. The summed E-state index contributed by atoms with van der Waals surface area (Å²) in [5.41, 5.74) is 0. The lowest BCUT2D eigenvalue weighted by molar-refractivity contribution is -0.332. The van der Waals surface area contributed by atoms with Gasteiger partial charge in [-0.25, -0.2) is 0 Å². The van der Waals surface area contributed by atoms with Crippen molar-refractivity contribution in [3.8, 4) is 0 Å². The quantitative estimate of drug-likeness (QED) is 0.0172. The minimum atomic E-state index is -1.71. The summed E-state index contributed by atoms with van der Waals surface area (Å²) >= 11 is 0. The van der Waals surface area contributed by atoms with Crippen molar-refractivity contribution in [1.82, 2.24) is 0 Å². The molecular formula is C56H102O14. The normalized spacial score (nSPS) is 25.7. The summed E-state index contributed by atoms with van der Waals surface area (Å²) < 4.78 is 34.4. The van der Waals surface area contributed by atoms with Crippen LogP contribution in [-0.4, -0.2) is 142 Å². The molecule has 7 N–H and O–H groups in total. The molecule has 0 bridgehead atoms. The lowest BCUT2D eigenvalue weighted by atomic mass is 9.98. The van der Waals surface area contributed by atoms with E-state index in [1.807, 2.05) is 0 Å². The Kier molecular flexibility index (Phi) is 40.1. The van der Waals surface area contributed by atoms with Crippen LogP contribution in [0, 0.1) is 0 Å². The summed E-state index contributed by atoms with van der Waals surface area (Å²) in [7, 11) is 0. The number of aliphatic hydroxyl groups excluding tert-OH is 7. The van der Waals surface area contributed by atoms with Crippen LogP contribution in [0.2, 0.25) is 0 Å². The Morgan fingerprint density at radius 3 is 1.41 bits per heavy atom. The van der Waals surface area contributed by atoms with Gasteiger partial charge >= 0.3 is 5.97 Å². The van der Waals surface area contributed by atoms with Crippen molar-refractivity contribution in [1.29, 1.82) is 0 Å². The van der Waals surface area contributed by atoms with Gasteiger partial charge in [0.1, 0.15) is 54.9 Å². The average molecular weight is 999 g/mol. The second kappa shape index (κ2) is 43.6. The molecule has 2 fully saturated rings. The SMILES string of the molecule is CCCCC/C=C\C/C=C\CCCCCCCCCC(=O)OC(COCCCCCCCCCC/C=C\CCCCCCCCC)COC1OC(COC2OC(CO)C(O)C(O)C2O)C(O)C(O)C1O. The number of rotatable bonds is 45. The van der Waals surface area contributed by atoms with Crippen molar-refractivity contribution in [2.75, 3.05) is 33.0 Å². The van der Waals surface area contributed by atoms with Gasteiger partial charge in [-0.05, 0) is 70.6 Å². The summed E-state index contributed by atoms with van der Waals surface area (Å²) in [6, 6.07) is 0. The fraction of sp³-hybridized carbons (Fsp3) is 0.875. The molecule has 11 unspecified atom stereocenters. The minimum Gasteiger partial charge on any atom is -0.457 e. The molecule has 0 aromatic heterocycles. The van der Waals surface area contributed by atoms with Crippen molar-refractivity contribution in [3.05, 3.63) is 36.5 Å². The maximum atomic E-state index is 13.0. The molecule has 2 rings (SSSR count). The first-order valence-corrected chi connectivity index (χ1v) is 28.1. The topological polar surface area (TPSA) is 214 Å². The molecule has 0 amide bonds. The third kappa shape index (κ3) is 30.4. The Morgan fingerprint density at radius 2 is 0.886 bits per heavy atom. The first kappa shape index (κ1) is 64.3. The standard InChI is InChI=1S/C56H102O14/c1-3-5-7-9-11-13-15-17-19-21-22-24-26-28-30-32-34-36-38-40-65-42-45(68-48(58)39-37-35-33-31-29-27-25-23-20-18-16-14-12-10-8-6-4-2)43-66-55-54(64)52(62)50(60)47(70-55)44-67-56-53(63)51(61)49(59)46(41-57)69-56/h12,14,18-21,45-47,49-57,59-64H,3-11,13,15-17,22-44H2,1-2H3/b14-12-,20-18-,21-19-. The van der Waals surface area contributed by atoms with Crippen molar-refractivity contribution < 1.29 is 69.0 Å². The lowest BCUT2D eigenvalue weighted by Gasteiger charge is -2.42. The van der Waals surface area contributed by atoms with Crippen molar-refractivity contribution in [3.63, 3.8) is 0 Å². The zero-order valence-electron chi connectivity index (χ0n) is 43.8. The molecule has 0 saturated carbocycles. The van der Waals surface area contributed by atoms with E-state index in [-0.39, 0.29) is 25.6 Å². The van der Waals surface area contributed by atoms with Crippen LogP contribution in [0.25, 0.3) is 0 Å². The maximum Gasteiger partial charge on any atom is 0.306 e. The number of hydrogen-bond donors (Lipinski definition) is 7. The summed E-state index contributed by atoms with van der Waals surface area (Å²) in [4.78, 5) is 13.0. The molecule has 0 aromatic carbocycles. The van der Waals surface area contributed by atoms with Gasteiger partial charge in [0.05, 0.1) is 26.4 Å². The zero-order chi connectivity index (χ0) is 50.9. The predicted octanol–water partition coefficient (Wildman–Crippen LogP) is 9.36. The highest BCUT2D eigenvalue weighted by atomic mass is 16.7. The van der Waals surface area contributed by atoms with Crippen molar-refractivity contribution in [2.45, 2.75) is 280 Å². The van der Waals surface area contributed by atoms with E-state index >= 15 is 0 Å². The number of carbonyl (C=O) groups excluding carboxylic acids is 1. The Bertz CT molecular complexity index is 1300. The number of hydrogen-bond acceptors (Lipinski definition) is 14. The van der Waals surface area contributed by atoms with Crippen LogP contribution < -0.4 is 0 Å². The largest absolute Gasteiger partial charge is 0.457 e. The molecule has 2 heterocycles. The van der Waals surface area contributed by atoms with E-state index < -0.39 is 80.7 Å². The molecule has 0 aliphatic carbocycles. The van der Waals surface area contributed by atoms with Gasteiger partial charge in [0, 0.05) is 13.0 Å². The molecule has 410 valence electrons. The fourth-order valence-corrected chi connectivity index (χ4v) is 8.78. The Balaban J connectivity index is 1.74. The van der Waals surface area contributed by atoms with E-state index in [9.17, 15) is 40.5 Å². The molecular weight excluding hydrogens is 897 g/mol. The van der Waals surface area contributed by atoms with Crippen LogP contribution in [0.4, 0.5) is 0 Å². The van der Waals surface area contributed by atoms with E-state index in [0.717, 1.165) is 51.4 Å². The van der Waals surface area contributed by atoms with Crippen LogP contribution in [0.1, 0.15) is 213 Å². The smallest absolute Gasteiger partial charge is 0.306 e. The third-order valence-electron chi connectivity index (χ3n) is 13.4. The fourth-order valence-electron chi connectivity index (χ4n) is 8.78. The van der Waals surface area contributed by atoms with Crippen LogP contribution in [0.15, 0.2) is 36.5 Å².